The topological polar surface area (TPSA) is 76.7 Å². The molecule has 3 aromatic rings. The van der Waals surface area contributed by atoms with Crippen LogP contribution in [0.4, 0.5) is 5.82 Å². The third-order valence-corrected chi connectivity index (χ3v) is 3.40. The minimum atomic E-state index is 0.568. The Morgan fingerprint density at radius 1 is 1.33 bits per heavy atom. The van der Waals surface area contributed by atoms with E-state index in [0.717, 1.165) is 33.2 Å². The van der Waals surface area contributed by atoms with Crippen molar-refractivity contribution >= 4 is 27.6 Å². The molecular formula is C11H11N5OS. The zero-order valence-corrected chi connectivity index (χ0v) is 10.8. The molecule has 1 N–H and O–H groups in total. The van der Waals surface area contributed by atoms with E-state index >= 15 is 0 Å². The quantitative estimate of drug-likeness (QED) is 0.779. The third-order valence-electron chi connectivity index (χ3n) is 2.56. The molecule has 18 heavy (non-hydrogen) atoms. The van der Waals surface area contributed by atoms with Crippen molar-refractivity contribution in [2.24, 2.45) is 0 Å². The monoisotopic (exact) mass is 261 g/mol. The molecule has 7 heteroatoms. The molecule has 0 atom stereocenters. The van der Waals surface area contributed by atoms with Gasteiger partial charge in [0.15, 0.2) is 0 Å². The van der Waals surface area contributed by atoms with Crippen molar-refractivity contribution in [2.45, 2.75) is 20.4 Å². The molecule has 0 bridgehead atoms. The standard InChI is InChI=1S/C11H11N5OS/c1-6-3-8(15-17-6)4-12-10-9-7(2)16-18-11(9)14-5-13-10/h3,5H,4H2,1-2H3,(H,12,13,14). The van der Waals surface area contributed by atoms with Crippen LogP contribution in [-0.2, 0) is 6.54 Å². The van der Waals surface area contributed by atoms with Crippen molar-refractivity contribution < 1.29 is 4.52 Å². The van der Waals surface area contributed by atoms with Crippen LogP contribution in [0.3, 0.4) is 0 Å². The first-order chi connectivity index (χ1) is 8.74. The lowest BCUT2D eigenvalue weighted by atomic mass is 10.3. The fourth-order valence-corrected chi connectivity index (χ4v) is 2.48. The molecule has 0 saturated carbocycles. The summed E-state index contributed by atoms with van der Waals surface area (Å²) in [5.74, 6) is 1.58. The van der Waals surface area contributed by atoms with Gasteiger partial charge >= 0.3 is 0 Å². The SMILES string of the molecule is Cc1cc(CNc2ncnc3snc(C)c23)no1. The largest absolute Gasteiger partial charge is 0.364 e. The first-order valence-electron chi connectivity index (χ1n) is 5.47. The summed E-state index contributed by atoms with van der Waals surface area (Å²) in [7, 11) is 0. The Hall–Kier alpha value is -2.02. The molecule has 0 aliphatic carbocycles. The molecule has 6 nitrogen and oxygen atoms in total. The van der Waals surface area contributed by atoms with Gasteiger partial charge in [-0.3, -0.25) is 0 Å². The van der Waals surface area contributed by atoms with E-state index in [1.54, 1.807) is 0 Å². The summed E-state index contributed by atoms with van der Waals surface area (Å²) in [5, 5.41) is 8.14. The van der Waals surface area contributed by atoms with Crippen LogP contribution in [0.5, 0.6) is 0 Å². The summed E-state index contributed by atoms with van der Waals surface area (Å²) in [6.45, 7) is 4.39. The normalized spacial score (nSPS) is 11.0. The van der Waals surface area contributed by atoms with Crippen LogP contribution in [0.1, 0.15) is 17.1 Å². The number of aryl methyl sites for hydroxylation is 2. The minimum absolute atomic E-state index is 0.568. The third kappa shape index (κ3) is 1.92. The average Bonchev–Trinajstić information content (AvgIpc) is 2.94. The maximum Gasteiger partial charge on any atom is 0.149 e. The molecule has 0 aromatic carbocycles. The van der Waals surface area contributed by atoms with E-state index in [-0.39, 0.29) is 0 Å². The van der Waals surface area contributed by atoms with Crippen molar-refractivity contribution in [1.29, 1.82) is 0 Å². The van der Waals surface area contributed by atoms with Gasteiger partial charge in [0.2, 0.25) is 0 Å². The lowest BCUT2D eigenvalue weighted by molar-refractivity contribution is 0.391. The summed E-state index contributed by atoms with van der Waals surface area (Å²) in [4.78, 5) is 9.33. The second-order valence-electron chi connectivity index (χ2n) is 3.95. The van der Waals surface area contributed by atoms with Gasteiger partial charge in [-0.2, -0.15) is 4.37 Å². The van der Waals surface area contributed by atoms with Crippen LogP contribution in [0, 0.1) is 13.8 Å². The van der Waals surface area contributed by atoms with Gasteiger partial charge in [-0.15, -0.1) is 0 Å². The smallest absolute Gasteiger partial charge is 0.149 e. The van der Waals surface area contributed by atoms with Gasteiger partial charge in [0.25, 0.3) is 0 Å². The summed E-state index contributed by atoms with van der Waals surface area (Å²) in [5.41, 5.74) is 1.79. The van der Waals surface area contributed by atoms with Gasteiger partial charge in [0.1, 0.15) is 28.4 Å². The van der Waals surface area contributed by atoms with E-state index < -0.39 is 0 Å². The second-order valence-corrected chi connectivity index (χ2v) is 4.70. The highest BCUT2D eigenvalue weighted by atomic mass is 32.1. The predicted octanol–water partition coefficient (Wildman–Crippen LogP) is 2.30. The highest BCUT2D eigenvalue weighted by molar-refractivity contribution is 7.13. The van der Waals surface area contributed by atoms with Gasteiger partial charge in [0.05, 0.1) is 17.6 Å². The van der Waals surface area contributed by atoms with Crippen molar-refractivity contribution in [1.82, 2.24) is 19.5 Å². The maximum absolute atomic E-state index is 5.02. The van der Waals surface area contributed by atoms with Crippen molar-refractivity contribution in [3.63, 3.8) is 0 Å². The molecule has 0 aliphatic heterocycles. The van der Waals surface area contributed by atoms with Crippen LogP contribution < -0.4 is 5.32 Å². The number of nitrogens with one attached hydrogen (secondary N) is 1. The number of aromatic nitrogens is 4. The van der Waals surface area contributed by atoms with Crippen LogP contribution in [0.15, 0.2) is 16.9 Å². The lowest BCUT2D eigenvalue weighted by Crippen LogP contribution is -2.02. The molecule has 0 aliphatic rings. The zero-order valence-electron chi connectivity index (χ0n) is 9.97. The van der Waals surface area contributed by atoms with Gasteiger partial charge in [0, 0.05) is 6.07 Å². The highest BCUT2D eigenvalue weighted by Gasteiger charge is 2.10. The molecule has 3 aromatic heterocycles. The number of anilines is 1. The predicted molar refractivity (Wildman–Crippen MR) is 68.5 cm³/mol. The molecule has 92 valence electrons. The van der Waals surface area contributed by atoms with Crippen molar-refractivity contribution in [3.05, 3.63) is 29.5 Å². The molecule has 3 heterocycles. The van der Waals surface area contributed by atoms with E-state index in [2.05, 4.69) is 24.8 Å². The Kier molecular flexibility index (Phi) is 2.67. The molecule has 3 rings (SSSR count). The Morgan fingerprint density at radius 2 is 2.22 bits per heavy atom. The number of fused-ring (bicyclic) bond motifs is 1. The summed E-state index contributed by atoms with van der Waals surface area (Å²) < 4.78 is 9.30. The van der Waals surface area contributed by atoms with Crippen molar-refractivity contribution in [3.8, 4) is 0 Å². The van der Waals surface area contributed by atoms with Gasteiger partial charge in [-0.1, -0.05) is 5.16 Å². The molecule has 0 fully saturated rings. The summed E-state index contributed by atoms with van der Waals surface area (Å²) in [6.07, 6.45) is 1.54. The number of hydrogen-bond donors (Lipinski definition) is 1. The Labute approximate surface area is 107 Å². The number of rotatable bonds is 3. The van der Waals surface area contributed by atoms with Crippen LogP contribution in [0.25, 0.3) is 10.2 Å². The highest BCUT2D eigenvalue weighted by Crippen LogP contribution is 2.25. The van der Waals surface area contributed by atoms with Crippen LogP contribution in [0.2, 0.25) is 0 Å². The fraction of sp³-hybridized carbons (Fsp3) is 0.273. The van der Waals surface area contributed by atoms with Gasteiger partial charge < -0.3 is 9.84 Å². The van der Waals surface area contributed by atoms with Crippen LogP contribution >= 0.6 is 11.5 Å². The maximum atomic E-state index is 5.02. The minimum Gasteiger partial charge on any atom is -0.364 e. The molecule has 0 radical (unpaired) electrons. The Bertz CT molecular complexity index is 690. The van der Waals surface area contributed by atoms with Gasteiger partial charge in [-0.05, 0) is 25.4 Å². The summed E-state index contributed by atoms with van der Waals surface area (Å²) >= 11 is 1.38. The molecule has 0 amide bonds. The Morgan fingerprint density at radius 3 is 3.00 bits per heavy atom. The lowest BCUT2D eigenvalue weighted by Gasteiger charge is -2.03. The fourth-order valence-electron chi connectivity index (χ4n) is 1.73. The first-order valence-corrected chi connectivity index (χ1v) is 6.24. The first kappa shape index (κ1) is 11.1. The number of hydrogen-bond acceptors (Lipinski definition) is 7. The average molecular weight is 261 g/mol. The zero-order chi connectivity index (χ0) is 12.5. The van der Waals surface area contributed by atoms with E-state index in [9.17, 15) is 0 Å². The molecule has 0 saturated heterocycles. The van der Waals surface area contributed by atoms with E-state index in [1.807, 2.05) is 19.9 Å². The molecule has 0 unspecified atom stereocenters. The summed E-state index contributed by atoms with van der Waals surface area (Å²) in [6, 6.07) is 1.89. The molecule has 0 spiro atoms. The number of nitrogens with zero attached hydrogens (tertiary/aromatic N) is 4. The van der Waals surface area contributed by atoms with Gasteiger partial charge in [-0.25, -0.2) is 9.97 Å². The van der Waals surface area contributed by atoms with Crippen molar-refractivity contribution in [2.75, 3.05) is 5.32 Å². The Balaban J connectivity index is 1.88. The molecular weight excluding hydrogens is 250 g/mol. The van der Waals surface area contributed by atoms with E-state index in [0.29, 0.717) is 6.54 Å². The van der Waals surface area contributed by atoms with Crippen LogP contribution in [-0.4, -0.2) is 19.5 Å². The van der Waals surface area contributed by atoms with E-state index in [1.165, 1.54) is 17.9 Å². The second kappa shape index (κ2) is 4.34. The van der Waals surface area contributed by atoms with E-state index in [4.69, 9.17) is 4.52 Å².